The lowest BCUT2D eigenvalue weighted by Gasteiger charge is -2.18. The number of anilines is 1. The monoisotopic (exact) mass is 363 g/mol. The highest BCUT2D eigenvalue weighted by molar-refractivity contribution is 7.14. The summed E-state index contributed by atoms with van der Waals surface area (Å²) in [6, 6.07) is 7.75. The van der Waals surface area contributed by atoms with E-state index in [4.69, 9.17) is 9.47 Å². The number of carbonyl (C=O) groups is 1. The molecular formula is C18H25N3O3S. The zero-order valence-electron chi connectivity index (χ0n) is 15.3. The Hall–Kier alpha value is -2.12. The Bertz CT molecular complexity index is 708. The number of benzene rings is 1. The van der Waals surface area contributed by atoms with Gasteiger partial charge in [-0.1, -0.05) is 12.1 Å². The average Bonchev–Trinajstić information content (AvgIpc) is 2.93. The van der Waals surface area contributed by atoms with E-state index in [-0.39, 0.29) is 0 Å². The van der Waals surface area contributed by atoms with Gasteiger partial charge in [0.05, 0.1) is 5.69 Å². The Kier molecular flexibility index (Phi) is 6.39. The van der Waals surface area contributed by atoms with E-state index in [1.54, 1.807) is 0 Å². The van der Waals surface area contributed by atoms with Crippen molar-refractivity contribution in [3.63, 3.8) is 0 Å². The fourth-order valence-corrected chi connectivity index (χ4v) is 2.68. The molecule has 0 aliphatic heterocycles. The number of aromatic nitrogens is 1. The van der Waals surface area contributed by atoms with Gasteiger partial charge in [0.2, 0.25) is 0 Å². The van der Waals surface area contributed by atoms with E-state index < -0.39 is 11.7 Å². The van der Waals surface area contributed by atoms with E-state index in [0.29, 0.717) is 11.7 Å². The van der Waals surface area contributed by atoms with E-state index in [0.717, 1.165) is 23.6 Å². The molecule has 25 heavy (non-hydrogen) atoms. The first kappa shape index (κ1) is 19.2. The predicted octanol–water partition coefficient (Wildman–Crippen LogP) is 4.10. The molecule has 1 aromatic carbocycles. The summed E-state index contributed by atoms with van der Waals surface area (Å²) in [4.78, 5) is 18.4. The molecule has 1 amide bonds. The van der Waals surface area contributed by atoms with E-state index in [1.807, 2.05) is 64.5 Å². The fraction of sp³-hybridized carbons (Fsp3) is 0.444. The van der Waals surface area contributed by atoms with Crippen molar-refractivity contribution in [2.45, 2.75) is 26.4 Å². The maximum Gasteiger partial charge on any atom is 0.413 e. The number of likely N-dealkylation sites (N-methyl/N-ethyl adjacent to an activating group) is 1. The zero-order chi connectivity index (χ0) is 18.4. The number of hydrogen-bond donors (Lipinski definition) is 1. The highest BCUT2D eigenvalue weighted by Crippen LogP contribution is 2.32. The molecule has 136 valence electrons. The molecule has 7 heteroatoms. The summed E-state index contributed by atoms with van der Waals surface area (Å²) in [6.07, 6.45) is -0.510. The minimum absolute atomic E-state index is 0.493. The van der Waals surface area contributed by atoms with Crippen molar-refractivity contribution >= 4 is 22.6 Å². The Morgan fingerprint density at radius 3 is 2.68 bits per heavy atom. The first-order valence-corrected chi connectivity index (χ1v) is 8.95. The summed E-state index contributed by atoms with van der Waals surface area (Å²) in [5.74, 6) is 0.776. The Morgan fingerprint density at radius 2 is 2.00 bits per heavy atom. The molecule has 0 spiro atoms. The molecule has 0 aliphatic rings. The summed E-state index contributed by atoms with van der Waals surface area (Å²) >= 11 is 1.35. The summed E-state index contributed by atoms with van der Waals surface area (Å²) in [6.45, 7) is 6.89. The number of nitrogens with zero attached hydrogens (tertiary/aromatic N) is 2. The molecule has 0 radical (unpaired) electrons. The molecule has 6 nitrogen and oxygen atoms in total. The van der Waals surface area contributed by atoms with Crippen molar-refractivity contribution in [2.24, 2.45) is 0 Å². The largest absolute Gasteiger partial charge is 0.492 e. The van der Waals surface area contributed by atoms with Gasteiger partial charge in [-0.2, -0.15) is 0 Å². The van der Waals surface area contributed by atoms with Crippen molar-refractivity contribution in [2.75, 3.05) is 32.6 Å². The fourth-order valence-electron chi connectivity index (χ4n) is 1.99. The summed E-state index contributed by atoms with van der Waals surface area (Å²) in [7, 11) is 4.01. The first-order valence-electron chi connectivity index (χ1n) is 8.07. The van der Waals surface area contributed by atoms with Gasteiger partial charge in [-0.3, -0.25) is 5.32 Å². The Balaban J connectivity index is 2.08. The average molecular weight is 363 g/mol. The number of para-hydroxylation sites is 1. The molecule has 0 aliphatic carbocycles. The standard InChI is InChI=1S/C18H25N3O3S/c1-18(2,3)24-17(22)20-16-19-14(12-25-16)13-8-6-7-9-15(13)23-11-10-21(4)5/h6-9,12H,10-11H2,1-5H3,(H,19,20,22). The molecule has 0 atom stereocenters. The van der Waals surface area contributed by atoms with E-state index >= 15 is 0 Å². The number of ether oxygens (including phenoxy) is 2. The number of amides is 1. The van der Waals surface area contributed by atoms with Gasteiger partial charge >= 0.3 is 6.09 Å². The number of rotatable bonds is 6. The zero-order valence-corrected chi connectivity index (χ0v) is 16.1. The van der Waals surface area contributed by atoms with Gasteiger partial charge in [0.15, 0.2) is 5.13 Å². The van der Waals surface area contributed by atoms with E-state index in [9.17, 15) is 4.79 Å². The third-order valence-electron chi connectivity index (χ3n) is 3.07. The highest BCUT2D eigenvalue weighted by Gasteiger charge is 2.18. The smallest absolute Gasteiger partial charge is 0.413 e. The van der Waals surface area contributed by atoms with Crippen LogP contribution in [-0.2, 0) is 4.74 Å². The third-order valence-corrected chi connectivity index (χ3v) is 3.83. The molecule has 2 aromatic rings. The second-order valence-electron chi connectivity index (χ2n) is 6.81. The first-order chi connectivity index (χ1) is 11.7. The normalized spacial score (nSPS) is 11.4. The second kappa shape index (κ2) is 8.31. The number of thiazole rings is 1. The molecule has 2 rings (SSSR count). The third kappa shape index (κ3) is 6.36. The molecule has 1 aromatic heterocycles. The van der Waals surface area contributed by atoms with Crippen LogP contribution in [0.1, 0.15) is 20.8 Å². The van der Waals surface area contributed by atoms with Crippen LogP contribution in [0.5, 0.6) is 5.75 Å². The quantitative estimate of drug-likeness (QED) is 0.837. The molecule has 1 N–H and O–H groups in total. The maximum atomic E-state index is 11.8. The van der Waals surface area contributed by atoms with Crippen LogP contribution in [0, 0.1) is 0 Å². The Morgan fingerprint density at radius 1 is 1.28 bits per heavy atom. The van der Waals surface area contributed by atoms with Gasteiger partial charge in [0, 0.05) is 17.5 Å². The van der Waals surface area contributed by atoms with Gasteiger partial charge in [-0.05, 0) is 47.0 Å². The van der Waals surface area contributed by atoms with Gasteiger partial charge in [-0.25, -0.2) is 9.78 Å². The van der Waals surface area contributed by atoms with Crippen LogP contribution in [0.25, 0.3) is 11.3 Å². The topological polar surface area (TPSA) is 63.7 Å². The molecule has 0 fully saturated rings. The molecule has 1 heterocycles. The van der Waals surface area contributed by atoms with Crippen LogP contribution >= 0.6 is 11.3 Å². The summed E-state index contributed by atoms with van der Waals surface area (Å²) < 4.78 is 11.1. The van der Waals surface area contributed by atoms with E-state index in [1.165, 1.54) is 11.3 Å². The predicted molar refractivity (Wildman–Crippen MR) is 101 cm³/mol. The lowest BCUT2D eigenvalue weighted by molar-refractivity contribution is 0.0636. The summed E-state index contributed by atoms with van der Waals surface area (Å²) in [5, 5.41) is 5.05. The second-order valence-corrected chi connectivity index (χ2v) is 7.67. The lowest BCUT2D eigenvalue weighted by Crippen LogP contribution is -2.27. The molecule has 0 bridgehead atoms. The SMILES string of the molecule is CN(C)CCOc1ccccc1-c1csc(NC(=O)OC(C)(C)C)n1. The van der Waals surface area contributed by atoms with E-state index in [2.05, 4.69) is 15.2 Å². The molecule has 0 saturated heterocycles. The molecule has 0 unspecified atom stereocenters. The van der Waals surface area contributed by atoms with Crippen LogP contribution in [-0.4, -0.2) is 48.8 Å². The van der Waals surface area contributed by atoms with Crippen LogP contribution in [0.4, 0.5) is 9.93 Å². The van der Waals surface area contributed by atoms with Crippen LogP contribution in [0.2, 0.25) is 0 Å². The minimum Gasteiger partial charge on any atom is -0.492 e. The van der Waals surface area contributed by atoms with Crippen molar-refractivity contribution in [1.29, 1.82) is 0 Å². The minimum atomic E-state index is -0.545. The number of carbonyl (C=O) groups excluding carboxylic acids is 1. The number of nitrogens with one attached hydrogen (secondary N) is 1. The lowest BCUT2D eigenvalue weighted by atomic mass is 10.1. The summed E-state index contributed by atoms with van der Waals surface area (Å²) in [5.41, 5.74) is 1.11. The van der Waals surface area contributed by atoms with Crippen molar-refractivity contribution in [1.82, 2.24) is 9.88 Å². The van der Waals surface area contributed by atoms with Crippen molar-refractivity contribution < 1.29 is 14.3 Å². The Labute approximate surface area is 152 Å². The van der Waals surface area contributed by atoms with Crippen LogP contribution < -0.4 is 10.1 Å². The van der Waals surface area contributed by atoms with Crippen LogP contribution in [0.15, 0.2) is 29.6 Å². The van der Waals surface area contributed by atoms with Crippen molar-refractivity contribution in [3.05, 3.63) is 29.6 Å². The maximum absolute atomic E-state index is 11.8. The van der Waals surface area contributed by atoms with Gasteiger partial charge in [0.25, 0.3) is 0 Å². The molecular weight excluding hydrogens is 338 g/mol. The molecule has 0 saturated carbocycles. The highest BCUT2D eigenvalue weighted by atomic mass is 32.1. The van der Waals surface area contributed by atoms with Gasteiger partial charge < -0.3 is 14.4 Å². The number of hydrogen-bond acceptors (Lipinski definition) is 6. The van der Waals surface area contributed by atoms with Crippen LogP contribution in [0.3, 0.4) is 0 Å². The van der Waals surface area contributed by atoms with Gasteiger partial charge in [0.1, 0.15) is 18.0 Å². The van der Waals surface area contributed by atoms with Gasteiger partial charge in [-0.15, -0.1) is 11.3 Å². The van der Waals surface area contributed by atoms with Crippen molar-refractivity contribution in [3.8, 4) is 17.0 Å².